The third kappa shape index (κ3) is 5.62. The second-order valence-corrected chi connectivity index (χ2v) is 7.67. The lowest BCUT2D eigenvalue weighted by Gasteiger charge is -2.28. The van der Waals surface area contributed by atoms with Crippen molar-refractivity contribution in [3.8, 4) is 5.75 Å². The summed E-state index contributed by atoms with van der Waals surface area (Å²) in [5, 5.41) is 3.65. The zero-order valence-electron chi connectivity index (χ0n) is 17.6. The highest BCUT2D eigenvalue weighted by molar-refractivity contribution is 6.31. The molecule has 0 spiro atoms. The van der Waals surface area contributed by atoms with Crippen molar-refractivity contribution in [2.24, 2.45) is 0 Å². The Hall–Kier alpha value is -2.82. The predicted molar refractivity (Wildman–Crippen MR) is 123 cm³/mol. The Morgan fingerprint density at radius 2 is 1.77 bits per heavy atom. The van der Waals surface area contributed by atoms with Crippen molar-refractivity contribution >= 4 is 23.2 Å². The van der Waals surface area contributed by atoms with Crippen LogP contribution in [0.4, 0.5) is 5.69 Å². The average Bonchev–Trinajstić information content (AvgIpc) is 2.73. The Morgan fingerprint density at radius 3 is 2.40 bits per heavy atom. The van der Waals surface area contributed by atoms with E-state index >= 15 is 0 Å². The maximum absolute atomic E-state index is 13.3. The lowest BCUT2D eigenvalue weighted by Crippen LogP contribution is -2.34. The molecule has 1 atom stereocenters. The van der Waals surface area contributed by atoms with Gasteiger partial charge in [0, 0.05) is 17.3 Å². The monoisotopic (exact) mass is 422 g/mol. The van der Waals surface area contributed by atoms with Gasteiger partial charge < -0.3 is 10.1 Å². The minimum atomic E-state index is -0.446. The minimum absolute atomic E-state index is 0.102. The molecule has 5 heteroatoms. The standard InChI is InChI=1S/C25H27ClN2O2/c1-4-30-22-14-11-19(12-15-22)17-28(3)24(20-8-6-5-7-9-20)25(29)27-21-13-10-18(2)23(26)16-21/h5-16,24H,4,17H2,1-3H3,(H,27,29). The van der Waals surface area contributed by atoms with Crippen molar-refractivity contribution in [2.75, 3.05) is 19.0 Å². The number of benzene rings is 3. The number of hydrogen-bond acceptors (Lipinski definition) is 3. The molecule has 0 saturated heterocycles. The predicted octanol–water partition coefficient (Wildman–Crippen LogP) is 5.86. The van der Waals surface area contributed by atoms with Crippen LogP contribution in [0.3, 0.4) is 0 Å². The number of nitrogens with one attached hydrogen (secondary N) is 1. The summed E-state index contributed by atoms with van der Waals surface area (Å²) in [5.41, 5.74) is 3.70. The molecule has 156 valence electrons. The van der Waals surface area contributed by atoms with Crippen molar-refractivity contribution in [2.45, 2.75) is 26.4 Å². The van der Waals surface area contributed by atoms with Crippen molar-refractivity contribution < 1.29 is 9.53 Å². The number of carbonyl (C=O) groups is 1. The Morgan fingerprint density at radius 1 is 1.07 bits per heavy atom. The van der Waals surface area contributed by atoms with Gasteiger partial charge in [-0.3, -0.25) is 9.69 Å². The molecular weight excluding hydrogens is 396 g/mol. The Balaban J connectivity index is 1.81. The van der Waals surface area contributed by atoms with Crippen molar-refractivity contribution in [3.63, 3.8) is 0 Å². The molecule has 1 N–H and O–H groups in total. The normalized spacial score (nSPS) is 11.9. The molecule has 1 amide bonds. The fraction of sp³-hybridized carbons (Fsp3) is 0.240. The molecule has 1 unspecified atom stereocenters. The van der Waals surface area contributed by atoms with E-state index in [1.54, 1.807) is 6.07 Å². The van der Waals surface area contributed by atoms with Gasteiger partial charge in [-0.1, -0.05) is 60.1 Å². The Bertz CT molecular complexity index is 974. The van der Waals surface area contributed by atoms with Gasteiger partial charge in [0.15, 0.2) is 0 Å². The molecule has 0 fully saturated rings. The smallest absolute Gasteiger partial charge is 0.246 e. The van der Waals surface area contributed by atoms with Crippen LogP contribution in [0.15, 0.2) is 72.8 Å². The SMILES string of the molecule is CCOc1ccc(CN(C)C(C(=O)Nc2ccc(C)c(Cl)c2)c2ccccc2)cc1. The Labute approximate surface area is 183 Å². The van der Waals surface area contributed by atoms with Gasteiger partial charge in [-0.2, -0.15) is 0 Å². The van der Waals surface area contributed by atoms with Crippen molar-refractivity contribution in [1.29, 1.82) is 0 Å². The summed E-state index contributed by atoms with van der Waals surface area (Å²) in [6.07, 6.45) is 0. The number of rotatable bonds is 8. The molecule has 0 aliphatic carbocycles. The molecular formula is C25H27ClN2O2. The van der Waals surface area contributed by atoms with Gasteiger partial charge in [0.1, 0.15) is 11.8 Å². The summed E-state index contributed by atoms with van der Waals surface area (Å²) in [6, 6.07) is 22.9. The van der Waals surface area contributed by atoms with E-state index in [2.05, 4.69) is 5.32 Å². The third-order valence-electron chi connectivity index (χ3n) is 4.91. The zero-order valence-corrected chi connectivity index (χ0v) is 18.3. The number of aryl methyl sites for hydroxylation is 1. The lowest BCUT2D eigenvalue weighted by atomic mass is 10.0. The maximum Gasteiger partial charge on any atom is 0.246 e. The van der Waals surface area contributed by atoms with Crippen LogP contribution in [0, 0.1) is 6.92 Å². The molecule has 0 saturated carbocycles. The molecule has 3 rings (SSSR count). The molecule has 0 aromatic heterocycles. The van der Waals surface area contributed by atoms with Gasteiger partial charge >= 0.3 is 0 Å². The van der Waals surface area contributed by atoms with Crippen LogP contribution in [0.5, 0.6) is 5.75 Å². The second kappa shape index (κ2) is 10.3. The van der Waals surface area contributed by atoms with E-state index in [-0.39, 0.29) is 5.91 Å². The number of hydrogen-bond donors (Lipinski definition) is 1. The number of carbonyl (C=O) groups excluding carboxylic acids is 1. The number of ether oxygens (including phenoxy) is 1. The van der Waals surface area contributed by atoms with Crippen LogP contribution < -0.4 is 10.1 Å². The molecule has 0 heterocycles. The first-order chi connectivity index (χ1) is 14.5. The fourth-order valence-corrected chi connectivity index (χ4v) is 3.54. The number of likely N-dealkylation sites (N-methyl/N-ethyl adjacent to an activating group) is 1. The summed E-state index contributed by atoms with van der Waals surface area (Å²) in [4.78, 5) is 15.3. The molecule has 0 bridgehead atoms. The summed E-state index contributed by atoms with van der Waals surface area (Å²) < 4.78 is 5.52. The van der Waals surface area contributed by atoms with E-state index in [0.29, 0.717) is 23.9 Å². The number of amides is 1. The third-order valence-corrected chi connectivity index (χ3v) is 5.32. The van der Waals surface area contributed by atoms with E-state index in [0.717, 1.165) is 22.4 Å². The van der Waals surface area contributed by atoms with E-state index in [1.807, 2.05) is 92.5 Å². The highest BCUT2D eigenvalue weighted by atomic mass is 35.5. The van der Waals surface area contributed by atoms with E-state index in [4.69, 9.17) is 16.3 Å². The molecule has 30 heavy (non-hydrogen) atoms. The van der Waals surface area contributed by atoms with Crippen molar-refractivity contribution in [3.05, 3.63) is 94.5 Å². The molecule has 0 aliphatic rings. The van der Waals surface area contributed by atoms with E-state index < -0.39 is 6.04 Å². The van der Waals surface area contributed by atoms with Gasteiger partial charge in [0.05, 0.1) is 6.61 Å². The first-order valence-electron chi connectivity index (χ1n) is 10.0. The first kappa shape index (κ1) is 21.9. The highest BCUT2D eigenvalue weighted by Gasteiger charge is 2.25. The van der Waals surface area contributed by atoms with Gasteiger partial charge in [0.2, 0.25) is 5.91 Å². The summed E-state index contributed by atoms with van der Waals surface area (Å²) in [7, 11) is 1.95. The van der Waals surface area contributed by atoms with Crippen LogP contribution >= 0.6 is 11.6 Å². The topological polar surface area (TPSA) is 41.6 Å². The molecule has 3 aromatic rings. The van der Waals surface area contributed by atoms with Crippen LogP contribution in [-0.2, 0) is 11.3 Å². The fourth-order valence-electron chi connectivity index (χ4n) is 3.36. The lowest BCUT2D eigenvalue weighted by molar-refractivity contribution is -0.121. The van der Waals surface area contributed by atoms with Crippen LogP contribution in [0.2, 0.25) is 5.02 Å². The maximum atomic E-state index is 13.3. The average molecular weight is 423 g/mol. The summed E-state index contributed by atoms with van der Waals surface area (Å²) in [6.45, 7) is 5.16. The van der Waals surface area contributed by atoms with Gasteiger partial charge in [0.25, 0.3) is 0 Å². The first-order valence-corrected chi connectivity index (χ1v) is 10.4. The zero-order chi connectivity index (χ0) is 21.5. The number of nitrogens with zero attached hydrogens (tertiary/aromatic N) is 1. The van der Waals surface area contributed by atoms with E-state index in [9.17, 15) is 4.79 Å². The van der Waals surface area contributed by atoms with Crippen LogP contribution in [0.25, 0.3) is 0 Å². The van der Waals surface area contributed by atoms with Crippen molar-refractivity contribution in [1.82, 2.24) is 4.90 Å². The summed E-state index contributed by atoms with van der Waals surface area (Å²) in [5.74, 6) is 0.743. The molecule has 3 aromatic carbocycles. The summed E-state index contributed by atoms with van der Waals surface area (Å²) >= 11 is 6.23. The highest BCUT2D eigenvalue weighted by Crippen LogP contribution is 2.26. The second-order valence-electron chi connectivity index (χ2n) is 7.26. The molecule has 4 nitrogen and oxygen atoms in total. The Kier molecular flexibility index (Phi) is 7.50. The minimum Gasteiger partial charge on any atom is -0.494 e. The number of anilines is 1. The quantitative estimate of drug-likeness (QED) is 0.494. The van der Waals surface area contributed by atoms with Crippen LogP contribution in [0.1, 0.15) is 29.7 Å². The number of halogens is 1. The van der Waals surface area contributed by atoms with E-state index in [1.165, 1.54) is 0 Å². The largest absolute Gasteiger partial charge is 0.494 e. The molecule has 0 aliphatic heterocycles. The van der Waals surface area contributed by atoms with Crippen LogP contribution in [-0.4, -0.2) is 24.5 Å². The van der Waals surface area contributed by atoms with Gasteiger partial charge in [-0.05, 0) is 61.9 Å². The molecule has 0 radical (unpaired) electrons. The van der Waals surface area contributed by atoms with Gasteiger partial charge in [-0.25, -0.2) is 0 Å². The van der Waals surface area contributed by atoms with Gasteiger partial charge in [-0.15, -0.1) is 0 Å².